The number of hydrogen-bond acceptors (Lipinski definition) is 4. The van der Waals surface area contributed by atoms with E-state index >= 15 is 0 Å². The molecule has 1 saturated heterocycles. The molecule has 154 valence electrons. The number of carbonyl (C=O) groups excluding carboxylic acids is 2. The Morgan fingerprint density at radius 1 is 1.03 bits per heavy atom. The smallest absolute Gasteiger partial charge is 0.256 e. The quantitative estimate of drug-likeness (QED) is 0.654. The molecule has 2 heterocycles. The number of hydrogen-bond donors (Lipinski definition) is 0. The van der Waals surface area contributed by atoms with Crippen LogP contribution in [-0.2, 0) is 11.2 Å². The van der Waals surface area contributed by atoms with Gasteiger partial charge < -0.3 is 4.90 Å². The Balaban J connectivity index is 1.56. The summed E-state index contributed by atoms with van der Waals surface area (Å²) in [6.07, 6.45) is 5.23. The lowest BCUT2D eigenvalue weighted by Crippen LogP contribution is -2.47. The molecule has 0 bridgehead atoms. The molecule has 3 aromatic rings. The van der Waals surface area contributed by atoms with Crippen LogP contribution in [-0.4, -0.2) is 44.2 Å². The number of piperidine rings is 1. The molecule has 0 radical (unpaired) electrons. The van der Waals surface area contributed by atoms with Gasteiger partial charge in [0.05, 0.1) is 23.6 Å². The summed E-state index contributed by atoms with van der Waals surface area (Å²) >= 11 is 0. The second kappa shape index (κ2) is 8.61. The van der Waals surface area contributed by atoms with Crippen molar-refractivity contribution in [1.82, 2.24) is 19.9 Å². The van der Waals surface area contributed by atoms with Crippen LogP contribution in [0.3, 0.4) is 0 Å². The highest BCUT2D eigenvalue weighted by Crippen LogP contribution is 2.27. The minimum absolute atomic E-state index is 0.0734. The Bertz CT molecular complexity index is 1030. The summed E-state index contributed by atoms with van der Waals surface area (Å²) in [6, 6.07) is 15.6. The van der Waals surface area contributed by atoms with Crippen LogP contribution < -0.4 is 0 Å². The van der Waals surface area contributed by atoms with E-state index in [2.05, 4.69) is 17.1 Å². The van der Waals surface area contributed by atoms with E-state index in [9.17, 15) is 9.59 Å². The maximum atomic E-state index is 13.6. The van der Waals surface area contributed by atoms with Crippen LogP contribution in [0.5, 0.6) is 0 Å². The number of carbonyl (C=O) groups is 2. The van der Waals surface area contributed by atoms with Crippen molar-refractivity contribution in [3.8, 4) is 5.69 Å². The van der Waals surface area contributed by atoms with Crippen molar-refractivity contribution in [3.63, 3.8) is 0 Å². The molecular formula is C24H26N4O2. The fourth-order valence-corrected chi connectivity index (χ4v) is 4.08. The second-order valence-corrected chi connectivity index (χ2v) is 8.05. The van der Waals surface area contributed by atoms with Gasteiger partial charge in [0.25, 0.3) is 5.91 Å². The van der Waals surface area contributed by atoms with E-state index in [1.54, 1.807) is 12.4 Å². The number of amides is 1. The summed E-state index contributed by atoms with van der Waals surface area (Å²) in [6.45, 7) is 4.46. The molecule has 30 heavy (non-hydrogen) atoms. The van der Waals surface area contributed by atoms with E-state index in [-0.39, 0.29) is 23.7 Å². The molecule has 2 aromatic carbocycles. The number of benzene rings is 2. The van der Waals surface area contributed by atoms with Gasteiger partial charge in [-0.3, -0.25) is 9.59 Å². The summed E-state index contributed by atoms with van der Waals surface area (Å²) < 4.78 is 0. The third-order valence-electron chi connectivity index (χ3n) is 5.84. The standard InChI is InChI=1S/C24H26N4O2/c1-17-8-11-22(28-25-12-13-26-28)21(14-17)24(30)27-16-20(10-9-18(27)2)23(29)15-19-6-4-3-5-7-19/h3-8,11-14,18,20H,9-10,15-16H2,1-2H3/t18-,20+/m1/s1. The zero-order chi connectivity index (χ0) is 21.1. The summed E-state index contributed by atoms with van der Waals surface area (Å²) in [7, 11) is 0. The number of nitrogens with zero attached hydrogens (tertiary/aromatic N) is 4. The Kier molecular flexibility index (Phi) is 5.74. The molecular weight excluding hydrogens is 376 g/mol. The van der Waals surface area contributed by atoms with Crippen molar-refractivity contribution in [2.24, 2.45) is 5.92 Å². The van der Waals surface area contributed by atoms with Crippen molar-refractivity contribution in [2.45, 2.75) is 39.2 Å². The van der Waals surface area contributed by atoms with Gasteiger partial charge >= 0.3 is 0 Å². The molecule has 0 N–H and O–H groups in total. The highest BCUT2D eigenvalue weighted by atomic mass is 16.2. The predicted octanol–water partition coefficient (Wildman–Crippen LogP) is 3.63. The molecule has 0 aliphatic carbocycles. The monoisotopic (exact) mass is 402 g/mol. The van der Waals surface area contributed by atoms with Gasteiger partial charge in [0.2, 0.25) is 0 Å². The second-order valence-electron chi connectivity index (χ2n) is 8.05. The first kappa shape index (κ1) is 20.0. The van der Waals surface area contributed by atoms with E-state index in [1.165, 1.54) is 4.80 Å². The summed E-state index contributed by atoms with van der Waals surface area (Å²) in [4.78, 5) is 29.8. The molecule has 1 aliphatic heterocycles. The Hall–Kier alpha value is -3.28. The number of rotatable bonds is 5. The first-order valence-electron chi connectivity index (χ1n) is 10.4. The van der Waals surface area contributed by atoms with Gasteiger partial charge in [-0.25, -0.2) is 0 Å². The molecule has 4 rings (SSSR count). The fraction of sp³-hybridized carbons (Fsp3) is 0.333. The average molecular weight is 402 g/mol. The Labute approximate surface area is 176 Å². The molecule has 1 fully saturated rings. The molecule has 6 nitrogen and oxygen atoms in total. The number of aryl methyl sites for hydroxylation is 1. The van der Waals surface area contributed by atoms with Crippen molar-refractivity contribution in [1.29, 1.82) is 0 Å². The SMILES string of the molecule is Cc1ccc(-n2nccn2)c(C(=O)N2C[C@@H](C(=O)Cc3ccccc3)CC[C@H]2C)c1. The highest BCUT2D eigenvalue weighted by Gasteiger charge is 2.34. The van der Waals surface area contributed by atoms with Gasteiger partial charge in [0, 0.05) is 24.9 Å². The largest absolute Gasteiger partial charge is 0.335 e. The van der Waals surface area contributed by atoms with Crippen LogP contribution in [0, 0.1) is 12.8 Å². The van der Waals surface area contributed by atoms with Crippen LogP contribution in [0.4, 0.5) is 0 Å². The van der Waals surface area contributed by atoms with Crippen LogP contribution in [0.25, 0.3) is 5.69 Å². The normalized spacial score (nSPS) is 18.9. The molecule has 0 saturated carbocycles. The zero-order valence-corrected chi connectivity index (χ0v) is 17.4. The summed E-state index contributed by atoms with van der Waals surface area (Å²) in [5.41, 5.74) is 3.23. The highest BCUT2D eigenvalue weighted by molar-refractivity contribution is 5.98. The maximum absolute atomic E-state index is 13.6. The van der Waals surface area contributed by atoms with E-state index < -0.39 is 0 Å². The molecule has 1 amide bonds. The van der Waals surface area contributed by atoms with E-state index in [1.807, 2.05) is 60.4 Å². The van der Waals surface area contributed by atoms with E-state index in [0.717, 1.165) is 24.0 Å². The maximum Gasteiger partial charge on any atom is 0.256 e. The third kappa shape index (κ3) is 4.17. The van der Waals surface area contributed by atoms with Crippen molar-refractivity contribution in [2.75, 3.05) is 6.54 Å². The molecule has 1 aromatic heterocycles. The number of ketones is 1. The van der Waals surface area contributed by atoms with Crippen LogP contribution in [0.2, 0.25) is 0 Å². The van der Waals surface area contributed by atoms with Gasteiger partial charge in [-0.1, -0.05) is 42.0 Å². The van der Waals surface area contributed by atoms with Crippen molar-refractivity contribution >= 4 is 11.7 Å². The topological polar surface area (TPSA) is 68.1 Å². The zero-order valence-electron chi connectivity index (χ0n) is 17.4. The van der Waals surface area contributed by atoms with E-state index in [0.29, 0.717) is 24.2 Å². The van der Waals surface area contributed by atoms with Gasteiger partial charge in [0.15, 0.2) is 0 Å². The van der Waals surface area contributed by atoms with Gasteiger partial charge in [-0.05, 0) is 44.4 Å². The molecule has 1 aliphatic rings. The fourth-order valence-electron chi connectivity index (χ4n) is 4.08. The molecule has 0 unspecified atom stereocenters. The predicted molar refractivity (Wildman–Crippen MR) is 114 cm³/mol. The molecule has 0 spiro atoms. The average Bonchev–Trinajstić information content (AvgIpc) is 3.29. The van der Waals surface area contributed by atoms with Crippen molar-refractivity contribution in [3.05, 3.63) is 77.6 Å². The van der Waals surface area contributed by atoms with Crippen LogP contribution >= 0.6 is 0 Å². The third-order valence-corrected chi connectivity index (χ3v) is 5.84. The molecule has 2 atom stereocenters. The van der Waals surface area contributed by atoms with Crippen molar-refractivity contribution < 1.29 is 9.59 Å². The lowest BCUT2D eigenvalue weighted by Gasteiger charge is -2.38. The van der Waals surface area contributed by atoms with Crippen LogP contribution in [0.15, 0.2) is 60.9 Å². The number of aromatic nitrogens is 3. The summed E-state index contributed by atoms with van der Waals surface area (Å²) in [5.74, 6) is -0.0127. The Morgan fingerprint density at radius 3 is 2.50 bits per heavy atom. The molecule has 6 heteroatoms. The number of Topliss-reactive ketones (excluding diaryl/α,β-unsaturated/α-hetero) is 1. The first-order chi connectivity index (χ1) is 14.5. The van der Waals surface area contributed by atoms with Gasteiger partial charge in [-0.15, -0.1) is 0 Å². The van der Waals surface area contributed by atoms with Crippen LogP contribution in [0.1, 0.15) is 41.3 Å². The van der Waals surface area contributed by atoms with Gasteiger partial charge in [0.1, 0.15) is 5.78 Å². The minimum atomic E-state index is -0.138. The number of likely N-dealkylation sites (tertiary alicyclic amines) is 1. The minimum Gasteiger partial charge on any atom is -0.335 e. The summed E-state index contributed by atoms with van der Waals surface area (Å²) in [5, 5.41) is 8.39. The van der Waals surface area contributed by atoms with Gasteiger partial charge in [-0.2, -0.15) is 15.0 Å². The lowest BCUT2D eigenvalue weighted by atomic mass is 9.87. The van der Waals surface area contributed by atoms with E-state index in [4.69, 9.17) is 0 Å². The first-order valence-corrected chi connectivity index (χ1v) is 10.4. The lowest BCUT2D eigenvalue weighted by molar-refractivity contribution is -0.123. The Morgan fingerprint density at radius 2 is 1.77 bits per heavy atom.